The van der Waals surface area contributed by atoms with Gasteiger partial charge in [-0.05, 0) is 19.8 Å². The van der Waals surface area contributed by atoms with Crippen molar-refractivity contribution >= 4 is 11.9 Å². The van der Waals surface area contributed by atoms with Gasteiger partial charge in [-0.15, -0.1) is 0 Å². The Morgan fingerprint density at radius 2 is 1.93 bits per heavy atom. The standard InChI is InChI=1S/C9H16N2O3/c1-5(6(2)10)7(12)11-9(3-4-9)8(13)14/h5-6H,3-4,10H2,1-2H3,(H,11,12)(H,13,14). The Hall–Kier alpha value is -1.10. The van der Waals surface area contributed by atoms with Crippen LogP contribution in [-0.4, -0.2) is 28.6 Å². The van der Waals surface area contributed by atoms with Crippen molar-refractivity contribution in [2.45, 2.75) is 38.3 Å². The van der Waals surface area contributed by atoms with Crippen LogP contribution in [0.2, 0.25) is 0 Å². The van der Waals surface area contributed by atoms with E-state index < -0.39 is 11.5 Å². The van der Waals surface area contributed by atoms with Gasteiger partial charge in [0.1, 0.15) is 5.54 Å². The van der Waals surface area contributed by atoms with E-state index in [0.717, 1.165) is 0 Å². The van der Waals surface area contributed by atoms with Gasteiger partial charge in [0.2, 0.25) is 5.91 Å². The van der Waals surface area contributed by atoms with Gasteiger partial charge in [-0.1, -0.05) is 6.92 Å². The number of rotatable bonds is 4. The predicted molar refractivity (Wildman–Crippen MR) is 50.6 cm³/mol. The Bertz CT molecular complexity index is 259. The topological polar surface area (TPSA) is 92.4 Å². The number of carbonyl (C=O) groups excluding carboxylic acids is 1. The van der Waals surface area contributed by atoms with Crippen LogP contribution < -0.4 is 11.1 Å². The van der Waals surface area contributed by atoms with Gasteiger partial charge < -0.3 is 16.2 Å². The van der Waals surface area contributed by atoms with E-state index in [9.17, 15) is 9.59 Å². The molecule has 2 unspecified atom stereocenters. The maximum atomic E-state index is 11.5. The van der Waals surface area contributed by atoms with E-state index in [1.165, 1.54) is 0 Å². The summed E-state index contributed by atoms with van der Waals surface area (Å²) in [4.78, 5) is 22.3. The van der Waals surface area contributed by atoms with Gasteiger partial charge in [-0.25, -0.2) is 4.79 Å². The van der Waals surface area contributed by atoms with Crippen LogP contribution in [0.3, 0.4) is 0 Å². The molecule has 0 aromatic carbocycles. The van der Waals surface area contributed by atoms with Crippen LogP contribution in [0.5, 0.6) is 0 Å². The van der Waals surface area contributed by atoms with Crippen LogP contribution in [0.4, 0.5) is 0 Å². The number of nitrogens with two attached hydrogens (primary N) is 1. The fraction of sp³-hybridized carbons (Fsp3) is 0.778. The second-order valence-corrected chi connectivity index (χ2v) is 4.02. The highest BCUT2D eigenvalue weighted by Crippen LogP contribution is 2.35. The second-order valence-electron chi connectivity index (χ2n) is 4.02. The van der Waals surface area contributed by atoms with Crippen molar-refractivity contribution in [3.8, 4) is 0 Å². The number of nitrogens with one attached hydrogen (secondary N) is 1. The molecule has 0 bridgehead atoms. The highest BCUT2D eigenvalue weighted by atomic mass is 16.4. The van der Waals surface area contributed by atoms with Crippen molar-refractivity contribution < 1.29 is 14.7 Å². The maximum Gasteiger partial charge on any atom is 0.329 e. The zero-order chi connectivity index (χ0) is 10.9. The van der Waals surface area contributed by atoms with Crippen LogP contribution in [0.15, 0.2) is 0 Å². The zero-order valence-electron chi connectivity index (χ0n) is 8.41. The summed E-state index contributed by atoms with van der Waals surface area (Å²) in [6.07, 6.45) is 1.03. The number of carboxylic acid groups (broad SMARTS) is 1. The first kappa shape index (κ1) is 11.0. The lowest BCUT2D eigenvalue weighted by Gasteiger charge is -2.18. The van der Waals surface area contributed by atoms with Crippen LogP contribution in [0, 0.1) is 5.92 Å². The Labute approximate surface area is 82.7 Å². The van der Waals surface area contributed by atoms with Crippen LogP contribution in [0.1, 0.15) is 26.7 Å². The molecular formula is C9H16N2O3. The van der Waals surface area contributed by atoms with Crippen molar-refractivity contribution in [3.05, 3.63) is 0 Å². The van der Waals surface area contributed by atoms with Gasteiger partial charge in [0, 0.05) is 12.0 Å². The van der Waals surface area contributed by atoms with E-state index >= 15 is 0 Å². The van der Waals surface area contributed by atoms with Crippen LogP contribution in [-0.2, 0) is 9.59 Å². The third-order valence-electron chi connectivity index (χ3n) is 2.72. The Balaban J connectivity index is 2.53. The number of amides is 1. The lowest BCUT2D eigenvalue weighted by Crippen LogP contribution is -2.48. The fourth-order valence-electron chi connectivity index (χ4n) is 1.11. The van der Waals surface area contributed by atoms with E-state index in [2.05, 4.69) is 5.32 Å². The van der Waals surface area contributed by atoms with Crippen molar-refractivity contribution in [1.82, 2.24) is 5.32 Å². The summed E-state index contributed by atoms with van der Waals surface area (Å²) in [5.41, 5.74) is 4.54. The average molecular weight is 200 g/mol. The monoisotopic (exact) mass is 200 g/mol. The minimum Gasteiger partial charge on any atom is -0.480 e. The predicted octanol–water partition coefficient (Wildman–Crippen LogP) is -0.297. The summed E-state index contributed by atoms with van der Waals surface area (Å²) >= 11 is 0. The van der Waals surface area contributed by atoms with E-state index in [0.29, 0.717) is 12.8 Å². The quantitative estimate of drug-likeness (QED) is 0.581. The zero-order valence-corrected chi connectivity index (χ0v) is 8.41. The van der Waals surface area contributed by atoms with Crippen molar-refractivity contribution in [2.75, 3.05) is 0 Å². The SMILES string of the molecule is CC(N)C(C)C(=O)NC1(C(=O)O)CC1. The molecule has 0 heterocycles. The highest BCUT2D eigenvalue weighted by Gasteiger charge is 2.52. The molecule has 0 radical (unpaired) electrons. The van der Waals surface area contributed by atoms with Gasteiger partial charge in [0.25, 0.3) is 0 Å². The van der Waals surface area contributed by atoms with Crippen molar-refractivity contribution in [2.24, 2.45) is 11.7 Å². The molecule has 1 aliphatic rings. The molecule has 0 aromatic rings. The normalized spacial score (nSPS) is 22.2. The molecule has 0 aliphatic heterocycles. The summed E-state index contributed by atoms with van der Waals surface area (Å²) in [5, 5.41) is 11.4. The lowest BCUT2D eigenvalue weighted by molar-refractivity contribution is -0.143. The molecule has 1 fully saturated rings. The summed E-state index contributed by atoms with van der Waals surface area (Å²) < 4.78 is 0. The molecule has 5 heteroatoms. The molecule has 1 saturated carbocycles. The molecule has 0 saturated heterocycles. The maximum absolute atomic E-state index is 11.5. The number of carboxylic acids is 1. The molecule has 1 rings (SSSR count). The first-order valence-electron chi connectivity index (χ1n) is 4.70. The van der Waals surface area contributed by atoms with E-state index in [-0.39, 0.29) is 17.9 Å². The molecule has 5 nitrogen and oxygen atoms in total. The summed E-state index contributed by atoms with van der Waals surface area (Å²) in [7, 11) is 0. The summed E-state index contributed by atoms with van der Waals surface area (Å²) in [6, 6.07) is -0.264. The summed E-state index contributed by atoms with van der Waals surface area (Å²) in [5.74, 6) is -1.59. The fourth-order valence-corrected chi connectivity index (χ4v) is 1.11. The van der Waals surface area contributed by atoms with E-state index in [1.54, 1.807) is 13.8 Å². The molecular weight excluding hydrogens is 184 g/mol. The molecule has 80 valence electrons. The van der Waals surface area contributed by atoms with Gasteiger partial charge >= 0.3 is 5.97 Å². The Morgan fingerprint density at radius 3 is 2.21 bits per heavy atom. The molecule has 4 N–H and O–H groups in total. The van der Waals surface area contributed by atoms with Crippen LogP contribution in [0.25, 0.3) is 0 Å². The molecule has 1 aliphatic carbocycles. The van der Waals surface area contributed by atoms with Gasteiger partial charge in [-0.2, -0.15) is 0 Å². The molecule has 1 amide bonds. The van der Waals surface area contributed by atoms with Gasteiger partial charge in [0.15, 0.2) is 0 Å². The minimum absolute atomic E-state index is 0.264. The van der Waals surface area contributed by atoms with Crippen LogP contribution >= 0.6 is 0 Å². The number of hydrogen-bond donors (Lipinski definition) is 3. The van der Waals surface area contributed by atoms with Crippen molar-refractivity contribution in [1.29, 1.82) is 0 Å². The number of carbonyl (C=O) groups is 2. The lowest BCUT2D eigenvalue weighted by atomic mass is 10.0. The molecule has 2 atom stereocenters. The molecule has 0 aromatic heterocycles. The smallest absolute Gasteiger partial charge is 0.329 e. The first-order valence-corrected chi connectivity index (χ1v) is 4.70. The van der Waals surface area contributed by atoms with E-state index in [1.807, 2.05) is 0 Å². The van der Waals surface area contributed by atoms with Gasteiger partial charge in [-0.3, -0.25) is 4.79 Å². The number of hydrogen-bond acceptors (Lipinski definition) is 3. The number of aliphatic carboxylic acids is 1. The third kappa shape index (κ3) is 2.04. The molecule has 0 spiro atoms. The Morgan fingerprint density at radius 1 is 1.43 bits per heavy atom. The Kier molecular flexibility index (Phi) is 2.80. The van der Waals surface area contributed by atoms with Gasteiger partial charge in [0.05, 0.1) is 0 Å². The second kappa shape index (κ2) is 3.57. The highest BCUT2D eigenvalue weighted by molar-refractivity contribution is 5.90. The molecule has 14 heavy (non-hydrogen) atoms. The first-order chi connectivity index (χ1) is 6.39. The minimum atomic E-state index is -1.000. The largest absolute Gasteiger partial charge is 0.480 e. The summed E-state index contributed by atoms with van der Waals surface area (Å²) in [6.45, 7) is 3.42. The average Bonchev–Trinajstić information content (AvgIpc) is 2.84. The van der Waals surface area contributed by atoms with Crippen molar-refractivity contribution in [3.63, 3.8) is 0 Å². The third-order valence-corrected chi connectivity index (χ3v) is 2.72. The van der Waals surface area contributed by atoms with E-state index in [4.69, 9.17) is 10.8 Å².